The zero-order valence-electron chi connectivity index (χ0n) is 11.3. The molecule has 0 saturated heterocycles. The fourth-order valence-corrected chi connectivity index (χ4v) is 2.41. The summed E-state index contributed by atoms with van der Waals surface area (Å²) in [5.74, 6) is -0.953. The molecule has 2 aromatic carbocycles. The Bertz CT molecular complexity index is 729. The lowest BCUT2D eigenvalue weighted by Gasteiger charge is -2.12. The van der Waals surface area contributed by atoms with Gasteiger partial charge in [0, 0.05) is 15.7 Å². The Morgan fingerprint density at radius 2 is 1.81 bits per heavy atom. The number of halogens is 1. The van der Waals surface area contributed by atoms with Crippen molar-refractivity contribution in [2.24, 2.45) is 5.73 Å². The minimum atomic E-state index is -0.601. The predicted molar refractivity (Wildman–Crippen MR) is 86.2 cm³/mol. The molecule has 0 saturated carbocycles. The lowest BCUT2D eigenvalue weighted by molar-refractivity contribution is 0.100. The van der Waals surface area contributed by atoms with Crippen LogP contribution in [0.25, 0.3) is 0 Å². The highest BCUT2D eigenvalue weighted by Gasteiger charge is 2.15. The van der Waals surface area contributed by atoms with Gasteiger partial charge in [0.15, 0.2) is 0 Å². The average Bonchev–Trinajstić information content (AvgIpc) is 2.43. The molecular formula is C15H14BrN3O2. The normalized spacial score (nSPS) is 10.2. The Morgan fingerprint density at radius 1 is 1.14 bits per heavy atom. The quantitative estimate of drug-likeness (QED) is 0.744. The van der Waals surface area contributed by atoms with Gasteiger partial charge in [-0.05, 0) is 36.8 Å². The zero-order chi connectivity index (χ0) is 15.6. The standard InChI is InChI=1S/C15H14BrN3O2/c1-8-11(6-9(16)7-12(8)17)15(21)19-13-5-3-2-4-10(13)14(18)20/h2-7H,17H2,1H3,(H2,18,20)(H,19,21). The maximum absolute atomic E-state index is 12.4. The molecule has 2 amide bonds. The van der Waals surface area contributed by atoms with Gasteiger partial charge in [0.2, 0.25) is 0 Å². The fourth-order valence-electron chi connectivity index (χ4n) is 1.93. The van der Waals surface area contributed by atoms with Crippen LogP contribution in [-0.4, -0.2) is 11.8 Å². The molecule has 108 valence electrons. The minimum Gasteiger partial charge on any atom is -0.398 e. The van der Waals surface area contributed by atoms with Crippen LogP contribution in [0.2, 0.25) is 0 Å². The van der Waals surface area contributed by atoms with E-state index < -0.39 is 5.91 Å². The molecule has 0 heterocycles. The first-order valence-electron chi connectivity index (χ1n) is 6.16. The molecule has 0 aliphatic carbocycles. The van der Waals surface area contributed by atoms with Crippen molar-refractivity contribution in [3.05, 3.63) is 57.6 Å². The third kappa shape index (κ3) is 3.22. The summed E-state index contributed by atoms with van der Waals surface area (Å²) < 4.78 is 0.707. The van der Waals surface area contributed by atoms with E-state index in [1.807, 2.05) is 0 Å². The van der Waals surface area contributed by atoms with E-state index in [-0.39, 0.29) is 11.5 Å². The lowest BCUT2D eigenvalue weighted by Crippen LogP contribution is -2.19. The Labute approximate surface area is 130 Å². The second-order valence-electron chi connectivity index (χ2n) is 4.53. The van der Waals surface area contributed by atoms with Crippen LogP contribution in [0, 0.1) is 6.92 Å². The van der Waals surface area contributed by atoms with Gasteiger partial charge >= 0.3 is 0 Å². The van der Waals surface area contributed by atoms with Crippen molar-refractivity contribution >= 4 is 39.1 Å². The number of rotatable bonds is 3. The van der Waals surface area contributed by atoms with Crippen LogP contribution >= 0.6 is 15.9 Å². The summed E-state index contributed by atoms with van der Waals surface area (Å²) in [6.07, 6.45) is 0. The van der Waals surface area contributed by atoms with Gasteiger partial charge in [-0.25, -0.2) is 0 Å². The van der Waals surface area contributed by atoms with Gasteiger partial charge in [-0.15, -0.1) is 0 Å². The van der Waals surface area contributed by atoms with Crippen LogP contribution in [0.1, 0.15) is 26.3 Å². The predicted octanol–water partition coefficient (Wildman–Crippen LogP) is 2.69. The highest BCUT2D eigenvalue weighted by Crippen LogP contribution is 2.24. The molecule has 0 atom stereocenters. The number of anilines is 2. The van der Waals surface area contributed by atoms with E-state index >= 15 is 0 Å². The smallest absolute Gasteiger partial charge is 0.256 e. The van der Waals surface area contributed by atoms with Gasteiger partial charge in [-0.1, -0.05) is 28.1 Å². The second-order valence-corrected chi connectivity index (χ2v) is 5.45. The van der Waals surface area contributed by atoms with E-state index in [0.717, 1.165) is 0 Å². The van der Waals surface area contributed by atoms with E-state index in [1.54, 1.807) is 43.3 Å². The number of hydrogen-bond acceptors (Lipinski definition) is 3. The maximum Gasteiger partial charge on any atom is 0.256 e. The average molecular weight is 348 g/mol. The highest BCUT2D eigenvalue weighted by molar-refractivity contribution is 9.10. The first-order chi connectivity index (χ1) is 9.90. The first kappa shape index (κ1) is 15.1. The van der Waals surface area contributed by atoms with Gasteiger partial charge < -0.3 is 16.8 Å². The summed E-state index contributed by atoms with van der Waals surface area (Å²) in [6.45, 7) is 1.76. The van der Waals surface area contributed by atoms with Crippen LogP contribution in [0.15, 0.2) is 40.9 Å². The molecule has 0 radical (unpaired) electrons. The van der Waals surface area contributed by atoms with E-state index in [4.69, 9.17) is 11.5 Å². The molecular weight excluding hydrogens is 334 g/mol. The van der Waals surface area contributed by atoms with Gasteiger partial charge in [0.1, 0.15) is 0 Å². The van der Waals surface area contributed by atoms with Crippen molar-refractivity contribution in [1.82, 2.24) is 0 Å². The molecule has 2 aromatic rings. The number of nitrogen functional groups attached to an aromatic ring is 1. The topological polar surface area (TPSA) is 98.2 Å². The fraction of sp³-hybridized carbons (Fsp3) is 0.0667. The molecule has 0 bridgehead atoms. The number of para-hydroxylation sites is 1. The van der Waals surface area contributed by atoms with Crippen LogP contribution in [0.3, 0.4) is 0 Å². The van der Waals surface area contributed by atoms with Gasteiger partial charge in [0.25, 0.3) is 11.8 Å². The number of primary amides is 1. The van der Waals surface area contributed by atoms with Crippen LogP contribution in [0.4, 0.5) is 11.4 Å². The first-order valence-corrected chi connectivity index (χ1v) is 6.95. The number of nitrogens with one attached hydrogen (secondary N) is 1. The summed E-state index contributed by atoms with van der Waals surface area (Å²) >= 11 is 3.30. The van der Waals surface area contributed by atoms with Crippen molar-refractivity contribution in [2.75, 3.05) is 11.1 Å². The van der Waals surface area contributed by atoms with Crippen LogP contribution in [0.5, 0.6) is 0 Å². The molecule has 5 N–H and O–H groups in total. The van der Waals surface area contributed by atoms with E-state index in [9.17, 15) is 9.59 Å². The SMILES string of the molecule is Cc1c(N)cc(Br)cc1C(=O)Nc1ccccc1C(N)=O. The molecule has 0 fully saturated rings. The zero-order valence-corrected chi connectivity index (χ0v) is 12.9. The number of benzene rings is 2. The Hall–Kier alpha value is -2.34. The van der Waals surface area contributed by atoms with Crippen molar-refractivity contribution in [3.63, 3.8) is 0 Å². The molecule has 0 spiro atoms. The lowest BCUT2D eigenvalue weighted by atomic mass is 10.1. The Balaban J connectivity index is 2.38. The van der Waals surface area contributed by atoms with Gasteiger partial charge in [0.05, 0.1) is 11.3 Å². The number of hydrogen-bond donors (Lipinski definition) is 3. The molecule has 0 unspecified atom stereocenters. The van der Waals surface area contributed by atoms with Crippen LogP contribution in [-0.2, 0) is 0 Å². The summed E-state index contributed by atoms with van der Waals surface area (Å²) in [6, 6.07) is 9.97. The molecule has 0 aromatic heterocycles. The summed E-state index contributed by atoms with van der Waals surface area (Å²) in [7, 11) is 0. The van der Waals surface area contributed by atoms with Gasteiger partial charge in [-0.3, -0.25) is 9.59 Å². The second kappa shape index (κ2) is 5.97. The van der Waals surface area contributed by atoms with Crippen LogP contribution < -0.4 is 16.8 Å². The van der Waals surface area contributed by atoms with Crippen molar-refractivity contribution in [3.8, 4) is 0 Å². The summed E-state index contributed by atoms with van der Waals surface area (Å²) in [5.41, 5.74) is 13.4. The molecule has 6 heteroatoms. The summed E-state index contributed by atoms with van der Waals surface area (Å²) in [4.78, 5) is 23.7. The monoisotopic (exact) mass is 347 g/mol. The number of carbonyl (C=O) groups excluding carboxylic acids is 2. The van der Waals surface area contributed by atoms with E-state index in [2.05, 4.69) is 21.2 Å². The Morgan fingerprint density at radius 3 is 2.48 bits per heavy atom. The van der Waals surface area contributed by atoms with Crippen molar-refractivity contribution in [2.45, 2.75) is 6.92 Å². The maximum atomic E-state index is 12.4. The minimum absolute atomic E-state index is 0.256. The molecule has 0 aliphatic rings. The molecule has 21 heavy (non-hydrogen) atoms. The Kier molecular flexibility index (Phi) is 4.28. The number of amides is 2. The van der Waals surface area contributed by atoms with Gasteiger partial charge in [-0.2, -0.15) is 0 Å². The van der Waals surface area contributed by atoms with E-state index in [1.165, 1.54) is 0 Å². The van der Waals surface area contributed by atoms with E-state index in [0.29, 0.717) is 27.0 Å². The largest absolute Gasteiger partial charge is 0.398 e. The third-order valence-corrected chi connectivity index (χ3v) is 3.56. The molecule has 2 rings (SSSR count). The molecule has 0 aliphatic heterocycles. The molecule has 5 nitrogen and oxygen atoms in total. The van der Waals surface area contributed by atoms with Crippen molar-refractivity contribution in [1.29, 1.82) is 0 Å². The highest BCUT2D eigenvalue weighted by atomic mass is 79.9. The third-order valence-electron chi connectivity index (χ3n) is 3.10. The number of nitrogens with two attached hydrogens (primary N) is 2. The van der Waals surface area contributed by atoms with Crippen molar-refractivity contribution < 1.29 is 9.59 Å². The summed E-state index contributed by atoms with van der Waals surface area (Å²) in [5, 5.41) is 2.69. The number of carbonyl (C=O) groups is 2.